The molecule has 2 heterocycles. The van der Waals surface area contributed by atoms with E-state index in [1.54, 1.807) is 4.90 Å². The number of rotatable bonds is 4. The summed E-state index contributed by atoms with van der Waals surface area (Å²) in [7, 11) is 0. The number of morpholine rings is 1. The lowest BCUT2D eigenvalue weighted by Crippen LogP contribution is -2.51. The van der Waals surface area contributed by atoms with Crippen molar-refractivity contribution in [3.8, 4) is 0 Å². The van der Waals surface area contributed by atoms with Crippen LogP contribution in [0.3, 0.4) is 0 Å². The molecule has 0 aromatic heterocycles. The van der Waals surface area contributed by atoms with E-state index in [0.29, 0.717) is 57.8 Å². The fourth-order valence-corrected chi connectivity index (χ4v) is 3.42. The van der Waals surface area contributed by atoms with Crippen molar-refractivity contribution in [3.05, 3.63) is 35.4 Å². The highest BCUT2D eigenvalue weighted by Crippen LogP contribution is 2.14. The fourth-order valence-electron chi connectivity index (χ4n) is 3.42. The van der Waals surface area contributed by atoms with Crippen LogP contribution >= 0.6 is 0 Å². The van der Waals surface area contributed by atoms with Gasteiger partial charge in [0, 0.05) is 37.8 Å². The van der Waals surface area contributed by atoms with Gasteiger partial charge in [-0.3, -0.25) is 9.59 Å². The van der Waals surface area contributed by atoms with Gasteiger partial charge in [0.05, 0.1) is 19.8 Å². The number of hydrogen-bond donors (Lipinski definition) is 2. The number of piperidine rings is 1. The van der Waals surface area contributed by atoms with Gasteiger partial charge in [-0.2, -0.15) is 0 Å². The highest BCUT2D eigenvalue weighted by molar-refractivity contribution is 5.94. The predicted molar refractivity (Wildman–Crippen MR) is 104 cm³/mol. The normalized spacial score (nSPS) is 17.9. The minimum Gasteiger partial charge on any atom is -0.378 e. The summed E-state index contributed by atoms with van der Waals surface area (Å²) < 4.78 is 5.21. The maximum absolute atomic E-state index is 12.5. The molecule has 0 radical (unpaired) electrons. The quantitative estimate of drug-likeness (QED) is 0.797. The van der Waals surface area contributed by atoms with Crippen molar-refractivity contribution in [1.29, 1.82) is 0 Å². The van der Waals surface area contributed by atoms with Gasteiger partial charge in [-0.05, 0) is 31.9 Å². The van der Waals surface area contributed by atoms with Crippen molar-refractivity contribution in [2.45, 2.75) is 25.8 Å². The molecule has 0 bridgehead atoms. The van der Waals surface area contributed by atoms with Gasteiger partial charge in [0.15, 0.2) is 0 Å². The van der Waals surface area contributed by atoms with Gasteiger partial charge in [-0.15, -0.1) is 0 Å². The second-order valence-electron chi connectivity index (χ2n) is 7.25. The molecule has 1 aromatic rings. The first kappa shape index (κ1) is 20.1. The lowest BCUT2D eigenvalue weighted by molar-refractivity contribution is -0.134. The van der Waals surface area contributed by atoms with E-state index in [1.165, 1.54) is 0 Å². The summed E-state index contributed by atoms with van der Waals surface area (Å²) in [5, 5.41) is 5.53. The van der Waals surface area contributed by atoms with E-state index in [1.807, 2.05) is 36.1 Å². The third-order valence-corrected chi connectivity index (χ3v) is 5.18. The van der Waals surface area contributed by atoms with Crippen LogP contribution in [0.4, 0.5) is 4.79 Å². The maximum Gasteiger partial charge on any atom is 0.315 e. The molecule has 0 spiro atoms. The SMILES string of the molecule is Cc1ccc(C(=O)N2CCC(NC(=O)NCC(=O)N3CCOCC3)CC2)cc1. The van der Waals surface area contributed by atoms with E-state index >= 15 is 0 Å². The van der Waals surface area contributed by atoms with Gasteiger partial charge >= 0.3 is 6.03 Å². The Morgan fingerprint density at radius 3 is 2.29 bits per heavy atom. The standard InChI is InChI=1S/C20H28N4O4/c1-15-2-4-16(5-3-15)19(26)24-8-6-17(7-9-24)22-20(27)21-14-18(25)23-10-12-28-13-11-23/h2-5,17H,6-14H2,1H3,(H2,21,22,27). The Labute approximate surface area is 165 Å². The fraction of sp³-hybridized carbons (Fsp3) is 0.550. The molecule has 0 atom stereocenters. The molecule has 2 aliphatic heterocycles. The van der Waals surface area contributed by atoms with E-state index < -0.39 is 0 Å². The lowest BCUT2D eigenvalue weighted by atomic mass is 10.0. The molecule has 3 rings (SSSR count). The predicted octanol–water partition coefficient (Wildman–Crippen LogP) is 0.758. The largest absolute Gasteiger partial charge is 0.378 e. The molecule has 0 saturated carbocycles. The summed E-state index contributed by atoms with van der Waals surface area (Å²) in [4.78, 5) is 40.2. The molecular weight excluding hydrogens is 360 g/mol. The molecule has 8 nitrogen and oxygen atoms in total. The number of amides is 4. The Morgan fingerprint density at radius 2 is 1.64 bits per heavy atom. The van der Waals surface area contributed by atoms with Gasteiger partial charge in [0.25, 0.3) is 5.91 Å². The molecule has 2 N–H and O–H groups in total. The van der Waals surface area contributed by atoms with Crippen molar-refractivity contribution >= 4 is 17.8 Å². The molecule has 2 aliphatic rings. The first-order valence-electron chi connectivity index (χ1n) is 9.79. The molecule has 1 aromatic carbocycles. The van der Waals surface area contributed by atoms with Gasteiger partial charge in [0.2, 0.25) is 5.91 Å². The van der Waals surface area contributed by atoms with E-state index in [9.17, 15) is 14.4 Å². The van der Waals surface area contributed by atoms with Crippen LogP contribution in [0.25, 0.3) is 0 Å². The van der Waals surface area contributed by atoms with Crippen LogP contribution in [-0.2, 0) is 9.53 Å². The maximum atomic E-state index is 12.5. The highest BCUT2D eigenvalue weighted by atomic mass is 16.5. The second kappa shape index (κ2) is 9.54. The van der Waals surface area contributed by atoms with Gasteiger partial charge in [0.1, 0.15) is 0 Å². The number of hydrogen-bond acceptors (Lipinski definition) is 4. The summed E-state index contributed by atoms with van der Waals surface area (Å²) in [6, 6.07) is 7.22. The minimum absolute atomic E-state index is 0.000515. The van der Waals surface area contributed by atoms with E-state index in [2.05, 4.69) is 10.6 Å². The summed E-state index contributed by atoms with van der Waals surface area (Å²) in [5.41, 5.74) is 1.81. The van der Waals surface area contributed by atoms with Crippen LogP contribution in [0, 0.1) is 6.92 Å². The van der Waals surface area contributed by atoms with Crippen LogP contribution < -0.4 is 10.6 Å². The molecule has 2 saturated heterocycles. The number of likely N-dealkylation sites (tertiary alicyclic amines) is 1. The Kier molecular flexibility index (Phi) is 6.86. The topological polar surface area (TPSA) is 91.0 Å². The molecule has 0 aliphatic carbocycles. The van der Waals surface area contributed by atoms with Gasteiger partial charge < -0.3 is 25.2 Å². The van der Waals surface area contributed by atoms with E-state index in [4.69, 9.17) is 4.74 Å². The van der Waals surface area contributed by atoms with Crippen molar-refractivity contribution in [1.82, 2.24) is 20.4 Å². The zero-order chi connectivity index (χ0) is 19.9. The summed E-state index contributed by atoms with van der Waals surface area (Å²) in [6.45, 7) is 5.39. The van der Waals surface area contributed by atoms with Crippen LogP contribution in [-0.4, -0.2) is 79.6 Å². The molecule has 152 valence electrons. The summed E-state index contributed by atoms with van der Waals surface area (Å²) in [5.74, 6) is -0.0732. The molecule has 2 fully saturated rings. The molecule has 4 amide bonds. The van der Waals surface area contributed by atoms with Crippen LogP contribution in [0.2, 0.25) is 0 Å². The van der Waals surface area contributed by atoms with Gasteiger partial charge in [-0.1, -0.05) is 17.7 Å². The number of aryl methyl sites for hydroxylation is 1. The highest BCUT2D eigenvalue weighted by Gasteiger charge is 2.25. The molecule has 8 heteroatoms. The number of ether oxygens (including phenoxy) is 1. The zero-order valence-corrected chi connectivity index (χ0v) is 16.3. The Bertz CT molecular complexity index is 693. The second-order valence-corrected chi connectivity index (χ2v) is 7.25. The van der Waals surface area contributed by atoms with E-state index in [0.717, 1.165) is 5.56 Å². The van der Waals surface area contributed by atoms with Crippen LogP contribution in [0.1, 0.15) is 28.8 Å². The average Bonchev–Trinajstić information content (AvgIpc) is 2.73. The van der Waals surface area contributed by atoms with Crippen molar-refractivity contribution < 1.29 is 19.1 Å². The lowest BCUT2D eigenvalue weighted by Gasteiger charge is -2.32. The molecular formula is C20H28N4O4. The average molecular weight is 388 g/mol. The number of carbonyl (C=O) groups is 3. The number of nitrogens with one attached hydrogen (secondary N) is 2. The number of benzene rings is 1. The van der Waals surface area contributed by atoms with Crippen LogP contribution in [0.15, 0.2) is 24.3 Å². The third-order valence-electron chi connectivity index (χ3n) is 5.18. The zero-order valence-electron chi connectivity index (χ0n) is 16.3. The first-order chi connectivity index (χ1) is 13.5. The third kappa shape index (κ3) is 5.45. The minimum atomic E-state index is -0.343. The van der Waals surface area contributed by atoms with Crippen LogP contribution in [0.5, 0.6) is 0 Å². The number of urea groups is 1. The van der Waals surface area contributed by atoms with Crippen molar-refractivity contribution in [2.75, 3.05) is 45.9 Å². The smallest absolute Gasteiger partial charge is 0.315 e. The summed E-state index contributed by atoms with van der Waals surface area (Å²) in [6.07, 6.45) is 1.39. The summed E-state index contributed by atoms with van der Waals surface area (Å²) >= 11 is 0. The number of carbonyl (C=O) groups excluding carboxylic acids is 3. The number of nitrogens with zero attached hydrogens (tertiary/aromatic N) is 2. The van der Waals surface area contributed by atoms with E-state index in [-0.39, 0.29) is 30.4 Å². The monoisotopic (exact) mass is 388 g/mol. The van der Waals surface area contributed by atoms with Gasteiger partial charge in [-0.25, -0.2) is 4.79 Å². The Morgan fingerprint density at radius 1 is 1.00 bits per heavy atom. The Hall–Kier alpha value is -2.61. The molecule has 28 heavy (non-hydrogen) atoms. The molecule has 0 unspecified atom stereocenters. The van der Waals surface area contributed by atoms with Crippen molar-refractivity contribution in [3.63, 3.8) is 0 Å². The first-order valence-corrected chi connectivity index (χ1v) is 9.79. The van der Waals surface area contributed by atoms with Crippen molar-refractivity contribution in [2.24, 2.45) is 0 Å². The Balaban J connectivity index is 1.37.